The zero-order chi connectivity index (χ0) is 21.6. The number of carbonyl (C=O) groups is 3. The van der Waals surface area contributed by atoms with E-state index in [0.29, 0.717) is 16.1 Å². The van der Waals surface area contributed by atoms with Gasteiger partial charge in [0.1, 0.15) is 0 Å². The summed E-state index contributed by atoms with van der Waals surface area (Å²) in [7, 11) is 2.42. The molecule has 0 amide bonds. The fourth-order valence-electron chi connectivity index (χ4n) is 3.61. The van der Waals surface area contributed by atoms with Crippen molar-refractivity contribution >= 4 is 29.3 Å². The minimum atomic E-state index is -1.29. The Morgan fingerprint density at radius 1 is 0.828 bits per heavy atom. The van der Waals surface area contributed by atoms with E-state index >= 15 is 0 Å². The Balaban J connectivity index is 2.67. The summed E-state index contributed by atoms with van der Waals surface area (Å²) in [6, 6.07) is 15.6. The molecule has 2 aromatic rings. The summed E-state index contributed by atoms with van der Waals surface area (Å²) in [6.07, 6.45) is 0. The number of carbonyl (C=O) groups excluding carboxylic acids is 3. The fraction of sp³-hybridized carbons (Fsp3) is 0.348. The van der Waals surface area contributed by atoms with Crippen molar-refractivity contribution in [2.24, 2.45) is 17.8 Å². The summed E-state index contributed by atoms with van der Waals surface area (Å²) in [5.74, 6) is -4.54. The number of halogens is 1. The molecular formula is C23H25ClO5. The number of esters is 2. The Morgan fingerprint density at radius 3 is 1.79 bits per heavy atom. The molecule has 5 nitrogen and oxygen atoms in total. The van der Waals surface area contributed by atoms with Crippen LogP contribution in [0.25, 0.3) is 0 Å². The Kier molecular flexibility index (Phi) is 7.97. The van der Waals surface area contributed by atoms with E-state index in [2.05, 4.69) is 0 Å². The summed E-state index contributed by atoms with van der Waals surface area (Å²) >= 11 is 6.03. The van der Waals surface area contributed by atoms with E-state index < -0.39 is 29.7 Å². The molecule has 154 valence electrons. The summed E-state index contributed by atoms with van der Waals surface area (Å²) in [4.78, 5) is 38.7. The monoisotopic (exact) mass is 416 g/mol. The maximum atomic E-state index is 13.5. The van der Waals surface area contributed by atoms with Crippen LogP contribution in [0.5, 0.6) is 0 Å². The van der Waals surface area contributed by atoms with Crippen molar-refractivity contribution < 1.29 is 23.9 Å². The molecule has 0 aliphatic rings. The largest absolute Gasteiger partial charge is 0.468 e. The van der Waals surface area contributed by atoms with Gasteiger partial charge in [0.05, 0.1) is 14.2 Å². The molecule has 0 saturated heterocycles. The van der Waals surface area contributed by atoms with E-state index in [4.69, 9.17) is 21.1 Å². The number of hydrogen-bond acceptors (Lipinski definition) is 5. The van der Waals surface area contributed by atoms with Crippen LogP contribution in [0.2, 0.25) is 5.02 Å². The van der Waals surface area contributed by atoms with Crippen LogP contribution in [0.3, 0.4) is 0 Å². The van der Waals surface area contributed by atoms with E-state index in [1.165, 1.54) is 14.2 Å². The van der Waals surface area contributed by atoms with E-state index in [1.54, 1.807) is 48.5 Å². The number of ether oxygens (including phenoxy) is 2. The molecule has 0 bridgehead atoms. The Bertz CT molecular complexity index is 829. The lowest BCUT2D eigenvalue weighted by Gasteiger charge is -2.33. The van der Waals surface area contributed by atoms with Gasteiger partial charge in [-0.1, -0.05) is 67.9 Å². The molecular weight excluding hydrogens is 392 g/mol. The van der Waals surface area contributed by atoms with Gasteiger partial charge in [-0.05, 0) is 23.6 Å². The van der Waals surface area contributed by atoms with E-state index in [-0.39, 0.29) is 11.7 Å². The Morgan fingerprint density at radius 2 is 1.34 bits per heavy atom. The standard InChI is InChI=1S/C23H25ClO5/c1-14(2)18(21(25)16-8-6-5-7-9-16)19(15-10-12-17(24)13-11-15)20(22(26)28-3)23(27)29-4/h5-14,18-20H,1-4H3/t18-,19+/m1/s1. The molecule has 0 aliphatic heterocycles. The molecule has 0 saturated carbocycles. The van der Waals surface area contributed by atoms with Crippen LogP contribution in [-0.4, -0.2) is 31.9 Å². The first-order chi connectivity index (χ1) is 13.8. The van der Waals surface area contributed by atoms with Crippen molar-refractivity contribution in [1.82, 2.24) is 0 Å². The first-order valence-corrected chi connectivity index (χ1v) is 9.70. The number of hydrogen-bond donors (Lipinski definition) is 0. The fourth-order valence-corrected chi connectivity index (χ4v) is 3.74. The molecule has 0 aliphatic carbocycles. The normalized spacial score (nSPS) is 13.1. The molecule has 29 heavy (non-hydrogen) atoms. The molecule has 0 unspecified atom stereocenters. The van der Waals surface area contributed by atoms with Crippen molar-refractivity contribution in [2.45, 2.75) is 19.8 Å². The molecule has 2 atom stereocenters. The molecule has 6 heteroatoms. The highest BCUT2D eigenvalue weighted by atomic mass is 35.5. The van der Waals surface area contributed by atoms with Crippen molar-refractivity contribution in [3.63, 3.8) is 0 Å². The first kappa shape index (κ1) is 22.6. The zero-order valence-electron chi connectivity index (χ0n) is 16.9. The minimum absolute atomic E-state index is 0.154. The van der Waals surface area contributed by atoms with Gasteiger partial charge >= 0.3 is 11.9 Å². The van der Waals surface area contributed by atoms with Crippen molar-refractivity contribution in [3.05, 3.63) is 70.7 Å². The average molecular weight is 417 g/mol. The maximum Gasteiger partial charge on any atom is 0.320 e. The summed E-state index contributed by atoms with van der Waals surface area (Å²) in [5.41, 5.74) is 1.15. The highest BCUT2D eigenvalue weighted by Crippen LogP contribution is 2.40. The van der Waals surface area contributed by atoms with Crippen molar-refractivity contribution in [1.29, 1.82) is 0 Å². The second-order valence-electron chi connectivity index (χ2n) is 7.10. The van der Waals surface area contributed by atoms with Crippen LogP contribution < -0.4 is 0 Å². The first-order valence-electron chi connectivity index (χ1n) is 9.32. The number of ketones is 1. The van der Waals surface area contributed by atoms with Gasteiger partial charge in [-0.3, -0.25) is 14.4 Å². The molecule has 2 rings (SSSR count). The third kappa shape index (κ3) is 5.24. The lowest BCUT2D eigenvalue weighted by atomic mass is 9.69. The van der Waals surface area contributed by atoms with Crippen LogP contribution in [0.15, 0.2) is 54.6 Å². The predicted molar refractivity (Wildman–Crippen MR) is 111 cm³/mol. The molecule has 0 spiro atoms. The Labute approximate surface area is 176 Å². The topological polar surface area (TPSA) is 69.7 Å². The third-order valence-corrected chi connectivity index (χ3v) is 5.24. The van der Waals surface area contributed by atoms with Gasteiger partial charge in [0.2, 0.25) is 0 Å². The van der Waals surface area contributed by atoms with Crippen LogP contribution in [0.4, 0.5) is 0 Å². The van der Waals surface area contributed by atoms with Crippen molar-refractivity contribution in [3.8, 4) is 0 Å². The average Bonchev–Trinajstić information content (AvgIpc) is 2.73. The molecule has 0 fully saturated rings. The van der Waals surface area contributed by atoms with Crippen LogP contribution in [-0.2, 0) is 19.1 Å². The van der Waals surface area contributed by atoms with Crippen molar-refractivity contribution in [2.75, 3.05) is 14.2 Å². The van der Waals surface area contributed by atoms with Crippen LogP contribution in [0.1, 0.15) is 35.7 Å². The smallest absolute Gasteiger partial charge is 0.320 e. The summed E-state index contributed by atoms with van der Waals surface area (Å²) < 4.78 is 9.80. The Hall–Kier alpha value is -2.66. The van der Waals surface area contributed by atoms with E-state index in [1.807, 2.05) is 19.9 Å². The SMILES string of the molecule is COC(=O)C(C(=O)OC)[C@@H](c1ccc(Cl)cc1)[C@H](C(=O)c1ccccc1)C(C)C. The second-order valence-corrected chi connectivity index (χ2v) is 7.54. The molecule has 0 aromatic heterocycles. The van der Waals surface area contributed by atoms with E-state index in [9.17, 15) is 14.4 Å². The molecule has 2 aromatic carbocycles. The van der Waals surface area contributed by atoms with Gasteiger partial charge in [-0.15, -0.1) is 0 Å². The van der Waals surface area contributed by atoms with Crippen LogP contribution >= 0.6 is 11.6 Å². The van der Waals surface area contributed by atoms with Gasteiger partial charge in [-0.25, -0.2) is 0 Å². The van der Waals surface area contributed by atoms with Gasteiger partial charge in [0.15, 0.2) is 11.7 Å². The summed E-state index contributed by atoms with van der Waals surface area (Å²) in [6.45, 7) is 3.78. The number of methoxy groups -OCH3 is 2. The van der Waals surface area contributed by atoms with Crippen LogP contribution in [0, 0.1) is 17.8 Å². The molecule has 0 N–H and O–H groups in total. The number of Topliss-reactive ketones (excluding diaryl/α,β-unsaturated/α-hetero) is 1. The lowest BCUT2D eigenvalue weighted by Crippen LogP contribution is -2.40. The number of rotatable bonds is 8. The second kappa shape index (κ2) is 10.2. The highest BCUT2D eigenvalue weighted by Gasteiger charge is 2.45. The predicted octanol–water partition coefficient (Wildman–Crippen LogP) is 4.54. The van der Waals surface area contributed by atoms with Gasteiger partial charge < -0.3 is 9.47 Å². The zero-order valence-corrected chi connectivity index (χ0v) is 17.7. The van der Waals surface area contributed by atoms with E-state index in [0.717, 1.165) is 0 Å². The van der Waals surface area contributed by atoms with Gasteiger partial charge in [0.25, 0.3) is 0 Å². The van der Waals surface area contributed by atoms with Gasteiger partial charge in [0, 0.05) is 22.4 Å². The highest BCUT2D eigenvalue weighted by molar-refractivity contribution is 6.30. The quantitative estimate of drug-likeness (QED) is 0.359. The molecule has 0 radical (unpaired) electrons. The molecule has 0 heterocycles. The number of benzene rings is 2. The minimum Gasteiger partial charge on any atom is -0.468 e. The van der Waals surface area contributed by atoms with Gasteiger partial charge in [-0.2, -0.15) is 0 Å². The maximum absolute atomic E-state index is 13.5. The summed E-state index contributed by atoms with van der Waals surface area (Å²) in [5, 5.41) is 0.510. The lowest BCUT2D eigenvalue weighted by molar-refractivity contribution is -0.160. The third-order valence-electron chi connectivity index (χ3n) is 4.99.